The van der Waals surface area contributed by atoms with Crippen LogP contribution in [0, 0.1) is 0 Å². The fraction of sp³-hybridized carbons (Fsp3) is 0.294. The molecule has 1 heterocycles. The number of ether oxygens (including phenoxy) is 1. The van der Waals surface area contributed by atoms with E-state index < -0.39 is 5.97 Å². The van der Waals surface area contributed by atoms with Crippen LogP contribution in [0.5, 0.6) is 0 Å². The summed E-state index contributed by atoms with van der Waals surface area (Å²) in [5.41, 5.74) is 1.09. The van der Waals surface area contributed by atoms with Gasteiger partial charge in [0.25, 0.3) is 5.91 Å². The Morgan fingerprint density at radius 3 is 2.45 bits per heavy atom. The number of nitrogens with one attached hydrogen (secondary N) is 1. The molecular formula is C17H19NO3S. The van der Waals surface area contributed by atoms with Crippen LogP contribution >= 0.6 is 11.3 Å². The van der Waals surface area contributed by atoms with E-state index in [2.05, 4.69) is 17.0 Å². The molecule has 2 aromatic rings. The lowest BCUT2D eigenvalue weighted by Crippen LogP contribution is -2.27. The summed E-state index contributed by atoms with van der Waals surface area (Å²) in [7, 11) is 1.33. The van der Waals surface area contributed by atoms with E-state index in [1.165, 1.54) is 7.11 Å². The van der Waals surface area contributed by atoms with Crippen molar-refractivity contribution < 1.29 is 14.3 Å². The molecule has 0 bridgehead atoms. The minimum Gasteiger partial charge on any atom is -0.465 e. The third-order valence-electron chi connectivity index (χ3n) is 3.30. The number of hydrogen-bond acceptors (Lipinski definition) is 4. The monoisotopic (exact) mass is 317 g/mol. The maximum atomic E-state index is 12.4. The van der Waals surface area contributed by atoms with Crippen molar-refractivity contribution in [2.75, 3.05) is 7.11 Å². The fourth-order valence-electron chi connectivity index (χ4n) is 2.20. The standard InChI is InChI=1S/C17H19NO3S/c1-3-7-13(12-8-5-4-6-9-12)18-16(19)14-10-11-15(22-14)17(20)21-2/h4-6,8-11,13H,3,7H2,1-2H3,(H,18,19)/t13-/m1/s1. The molecule has 0 radical (unpaired) electrons. The molecule has 1 N–H and O–H groups in total. The Hall–Kier alpha value is -2.14. The lowest BCUT2D eigenvalue weighted by molar-refractivity contribution is 0.0606. The average molecular weight is 317 g/mol. The highest BCUT2D eigenvalue weighted by Gasteiger charge is 2.18. The first-order valence-corrected chi connectivity index (χ1v) is 8.01. The number of benzene rings is 1. The zero-order valence-electron chi connectivity index (χ0n) is 12.7. The van der Waals surface area contributed by atoms with Crippen LogP contribution in [-0.4, -0.2) is 19.0 Å². The molecule has 0 aliphatic heterocycles. The number of rotatable bonds is 6. The molecule has 0 aliphatic rings. The van der Waals surface area contributed by atoms with E-state index in [0.717, 1.165) is 29.7 Å². The first kappa shape index (κ1) is 16.2. The van der Waals surface area contributed by atoms with E-state index in [4.69, 9.17) is 0 Å². The lowest BCUT2D eigenvalue weighted by atomic mass is 10.0. The number of methoxy groups -OCH3 is 1. The molecule has 0 saturated heterocycles. The van der Waals surface area contributed by atoms with Crippen molar-refractivity contribution >= 4 is 23.2 Å². The van der Waals surface area contributed by atoms with Crippen molar-refractivity contribution in [3.8, 4) is 0 Å². The Balaban J connectivity index is 2.11. The Morgan fingerprint density at radius 1 is 1.14 bits per heavy atom. The number of thiophene rings is 1. The second kappa shape index (κ2) is 7.75. The normalized spacial score (nSPS) is 11.7. The largest absolute Gasteiger partial charge is 0.465 e. The molecule has 4 nitrogen and oxygen atoms in total. The van der Waals surface area contributed by atoms with Crippen molar-refractivity contribution in [2.45, 2.75) is 25.8 Å². The molecule has 0 saturated carbocycles. The zero-order chi connectivity index (χ0) is 15.9. The van der Waals surface area contributed by atoms with Crippen LogP contribution in [0.3, 0.4) is 0 Å². The molecule has 0 fully saturated rings. The van der Waals surface area contributed by atoms with E-state index in [-0.39, 0.29) is 11.9 Å². The Labute approximate surface area is 134 Å². The molecule has 0 spiro atoms. The zero-order valence-corrected chi connectivity index (χ0v) is 13.5. The number of carbonyl (C=O) groups excluding carboxylic acids is 2. The third kappa shape index (κ3) is 3.95. The van der Waals surface area contributed by atoms with E-state index in [1.807, 2.05) is 30.3 Å². The van der Waals surface area contributed by atoms with Gasteiger partial charge in [0.2, 0.25) is 0 Å². The molecule has 0 unspecified atom stereocenters. The van der Waals surface area contributed by atoms with Crippen LogP contribution in [0.15, 0.2) is 42.5 Å². The van der Waals surface area contributed by atoms with Gasteiger partial charge in [-0.15, -0.1) is 11.3 Å². The van der Waals surface area contributed by atoms with Gasteiger partial charge in [-0.05, 0) is 24.1 Å². The predicted molar refractivity (Wildman–Crippen MR) is 87.2 cm³/mol. The average Bonchev–Trinajstić information content (AvgIpc) is 3.04. The van der Waals surface area contributed by atoms with E-state index in [1.54, 1.807) is 12.1 Å². The van der Waals surface area contributed by atoms with Crippen LogP contribution < -0.4 is 5.32 Å². The van der Waals surface area contributed by atoms with Crippen LogP contribution in [0.4, 0.5) is 0 Å². The summed E-state index contributed by atoms with van der Waals surface area (Å²) in [6, 6.07) is 13.1. The molecule has 22 heavy (non-hydrogen) atoms. The highest BCUT2D eigenvalue weighted by Crippen LogP contribution is 2.21. The number of esters is 1. The second-order valence-corrected chi connectivity index (χ2v) is 5.96. The summed E-state index contributed by atoms with van der Waals surface area (Å²) < 4.78 is 4.66. The first-order valence-electron chi connectivity index (χ1n) is 7.19. The number of amides is 1. The summed E-state index contributed by atoms with van der Waals surface area (Å²) in [6.45, 7) is 2.09. The van der Waals surface area contributed by atoms with Crippen molar-refractivity contribution in [3.63, 3.8) is 0 Å². The van der Waals surface area contributed by atoms with Gasteiger partial charge in [-0.3, -0.25) is 4.79 Å². The highest BCUT2D eigenvalue weighted by molar-refractivity contribution is 7.15. The van der Waals surface area contributed by atoms with Crippen molar-refractivity contribution in [3.05, 3.63) is 57.8 Å². The highest BCUT2D eigenvalue weighted by atomic mass is 32.1. The van der Waals surface area contributed by atoms with Crippen molar-refractivity contribution in [1.82, 2.24) is 5.32 Å². The Kier molecular flexibility index (Phi) is 5.72. The molecule has 1 atom stereocenters. The fourth-order valence-corrected chi connectivity index (χ4v) is 3.02. The molecule has 1 aromatic heterocycles. The number of hydrogen-bond donors (Lipinski definition) is 1. The number of carbonyl (C=O) groups is 2. The quantitative estimate of drug-likeness (QED) is 0.824. The molecule has 5 heteroatoms. The van der Waals surface area contributed by atoms with Gasteiger partial charge in [-0.2, -0.15) is 0 Å². The van der Waals surface area contributed by atoms with Crippen LogP contribution in [-0.2, 0) is 4.74 Å². The summed E-state index contributed by atoms with van der Waals surface area (Å²) >= 11 is 1.14. The van der Waals surface area contributed by atoms with Crippen LogP contribution in [0.25, 0.3) is 0 Å². The Morgan fingerprint density at radius 2 is 1.82 bits per heavy atom. The maximum Gasteiger partial charge on any atom is 0.348 e. The first-order chi connectivity index (χ1) is 10.7. The summed E-state index contributed by atoms with van der Waals surface area (Å²) in [5, 5.41) is 3.04. The van der Waals surface area contributed by atoms with Gasteiger partial charge in [0, 0.05) is 0 Å². The van der Waals surface area contributed by atoms with Crippen LogP contribution in [0.2, 0.25) is 0 Å². The summed E-state index contributed by atoms with van der Waals surface area (Å²) in [6.07, 6.45) is 1.84. The molecule has 1 aromatic carbocycles. The van der Waals surface area contributed by atoms with Crippen LogP contribution in [0.1, 0.15) is 50.7 Å². The third-order valence-corrected chi connectivity index (χ3v) is 4.37. The predicted octanol–water partition coefficient (Wildman–Crippen LogP) is 3.81. The van der Waals surface area contributed by atoms with Gasteiger partial charge in [-0.25, -0.2) is 4.79 Å². The van der Waals surface area contributed by atoms with Gasteiger partial charge in [0.1, 0.15) is 4.88 Å². The molecule has 1 amide bonds. The molecular weight excluding hydrogens is 298 g/mol. The molecule has 2 rings (SSSR count). The molecule has 0 aliphatic carbocycles. The van der Waals surface area contributed by atoms with E-state index in [9.17, 15) is 9.59 Å². The van der Waals surface area contributed by atoms with Gasteiger partial charge >= 0.3 is 5.97 Å². The summed E-state index contributed by atoms with van der Waals surface area (Å²) in [5.74, 6) is -0.584. The maximum absolute atomic E-state index is 12.4. The van der Waals surface area contributed by atoms with E-state index >= 15 is 0 Å². The van der Waals surface area contributed by atoms with Gasteiger partial charge in [0.05, 0.1) is 18.0 Å². The van der Waals surface area contributed by atoms with Gasteiger partial charge in [-0.1, -0.05) is 43.7 Å². The second-order valence-electron chi connectivity index (χ2n) is 4.88. The Bertz CT molecular complexity index is 636. The summed E-state index contributed by atoms with van der Waals surface area (Å²) in [4.78, 5) is 24.8. The van der Waals surface area contributed by atoms with Crippen molar-refractivity contribution in [2.24, 2.45) is 0 Å². The van der Waals surface area contributed by atoms with Gasteiger partial charge in [0.15, 0.2) is 0 Å². The minimum absolute atomic E-state index is 0.0256. The molecule has 116 valence electrons. The van der Waals surface area contributed by atoms with E-state index in [0.29, 0.717) is 9.75 Å². The van der Waals surface area contributed by atoms with Crippen molar-refractivity contribution in [1.29, 1.82) is 0 Å². The van der Waals surface area contributed by atoms with Gasteiger partial charge < -0.3 is 10.1 Å². The topological polar surface area (TPSA) is 55.4 Å². The SMILES string of the molecule is CCC[C@@H](NC(=O)c1ccc(C(=O)OC)s1)c1ccccc1. The minimum atomic E-state index is -0.419. The smallest absolute Gasteiger partial charge is 0.348 e. The lowest BCUT2D eigenvalue weighted by Gasteiger charge is -2.18.